The van der Waals surface area contributed by atoms with E-state index < -0.39 is 44.5 Å². The van der Waals surface area contributed by atoms with Gasteiger partial charge in [-0.1, -0.05) is 43.7 Å². The molecule has 0 aromatic heterocycles. The molecule has 1 fully saturated rings. The molecule has 1 atom stereocenters. The van der Waals surface area contributed by atoms with E-state index in [1.165, 1.54) is 45.5 Å². The fraction of sp³-hybridized carbons (Fsp3) is 0.370. The van der Waals surface area contributed by atoms with Crippen LogP contribution in [-0.2, 0) is 34.7 Å². The van der Waals surface area contributed by atoms with Gasteiger partial charge < -0.3 is 19.6 Å². The van der Waals surface area contributed by atoms with E-state index in [1.807, 2.05) is 6.92 Å². The van der Waals surface area contributed by atoms with Crippen LogP contribution in [0.3, 0.4) is 0 Å². The predicted octanol–water partition coefficient (Wildman–Crippen LogP) is 2.31. The Labute approximate surface area is 222 Å². The Hall–Kier alpha value is -3.54. The molecular formula is C27H31N3O7S. The van der Waals surface area contributed by atoms with Gasteiger partial charge in [0, 0.05) is 45.4 Å². The number of Topliss-reactive ketones (excluding diaryl/α,β-unsaturated/α-hetero) is 1. The largest absolute Gasteiger partial charge is 0.507 e. The summed E-state index contributed by atoms with van der Waals surface area (Å²) >= 11 is 0. The molecule has 202 valence electrons. The van der Waals surface area contributed by atoms with Gasteiger partial charge >= 0.3 is 0 Å². The summed E-state index contributed by atoms with van der Waals surface area (Å²) < 4.78 is 31.7. The van der Waals surface area contributed by atoms with Crippen LogP contribution in [0.4, 0.5) is 5.69 Å². The average Bonchev–Trinajstić information content (AvgIpc) is 3.28. The smallest absolute Gasteiger partial charge is 0.296 e. The first-order chi connectivity index (χ1) is 18.0. The number of aliphatic hydroxyl groups excluding tert-OH is 1. The van der Waals surface area contributed by atoms with Crippen molar-refractivity contribution in [2.45, 2.75) is 30.2 Å². The quantitative estimate of drug-likeness (QED) is 0.293. The third-order valence-corrected chi connectivity index (χ3v) is 8.76. The van der Waals surface area contributed by atoms with Crippen molar-refractivity contribution in [1.29, 1.82) is 0 Å². The maximum absolute atomic E-state index is 14.3. The second-order valence-electron chi connectivity index (χ2n) is 9.36. The number of amides is 2. The van der Waals surface area contributed by atoms with Gasteiger partial charge in [0.2, 0.25) is 10.0 Å². The van der Waals surface area contributed by atoms with Crippen LogP contribution < -0.4 is 4.90 Å². The molecule has 10 nitrogen and oxygen atoms in total. The topological polar surface area (TPSA) is 125 Å². The van der Waals surface area contributed by atoms with Crippen molar-refractivity contribution in [3.8, 4) is 0 Å². The van der Waals surface area contributed by atoms with Crippen molar-refractivity contribution in [2.24, 2.45) is 0 Å². The van der Waals surface area contributed by atoms with E-state index in [4.69, 9.17) is 4.74 Å². The van der Waals surface area contributed by atoms with E-state index in [1.54, 1.807) is 29.2 Å². The molecule has 2 amide bonds. The summed E-state index contributed by atoms with van der Waals surface area (Å²) in [7, 11) is 0.331. The highest BCUT2D eigenvalue weighted by atomic mass is 32.2. The number of ether oxygens (including phenoxy) is 1. The summed E-state index contributed by atoms with van der Waals surface area (Å²) in [5.41, 5.74) is -1.37. The van der Waals surface area contributed by atoms with Crippen molar-refractivity contribution in [3.05, 3.63) is 65.2 Å². The van der Waals surface area contributed by atoms with Gasteiger partial charge in [-0.3, -0.25) is 14.4 Å². The molecule has 38 heavy (non-hydrogen) atoms. The number of likely N-dealkylation sites (tertiary alicyclic amines) is 1. The molecule has 1 N–H and O–H groups in total. The van der Waals surface area contributed by atoms with E-state index in [0.717, 1.165) is 15.6 Å². The molecule has 2 heterocycles. The van der Waals surface area contributed by atoms with Gasteiger partial charge in [-0.15, -0.1) is 0 Å². The fourth-order valence-corrected chi connectivity index (χ4v) is 5.99. The van der Waals surface area contributed by atoms with Gasteiger partial charge in [0.1, 0.15) is 5.76 Å². The summed E-state index contributed by atoms with van der Waals surface area (Å²) in [5.74, 6) is -3.12. The number of hydrogen-bond acceptors (Lipinski definition) is 7. The molecule has 2 aromatic rings. The lowest BCUT2D eigenvalue weighted by Crippen LogP contribution is -2.52. The first-order valence-corrected chi connectivity index (χ1v) is 13.7. The van der Waals surface area contributed by atoms with Crippen molar-refractivity contribution < 1.29 is 32.6 Å². The van der Waals surface area contributed by atoms with Gasteiger partial charge in [0.05, 0.1) is 22.8 Å². The highest BCUT2D eigenvalue weighted by Crippen LogP contribution is 2.53. The fourth-order valence-electron chi connectivity index (χ4n) is 5.05. The summed E-state index contributed by atoms with van der Waals surface area (Å²) in [5, 5.41) is 11.6. The number of hydrogen-bond donors (Lipinski definition) is 1. The zero-order valence-electron chi connectivity index (χ0n) is 21.8. The number of methoxy groups -OCH3 is 1. The summed E-state index contributed by atoms with van der Waals surface area (Å²) in [6.45, 7) is 2.32. The normalized spacial score (nSPS) is 20.7. The number of para-hydroxylation sites is 1. The molecule has 2 aliphatic heterocycles. The second kappa shape index (κ2) is 10.3. The molecule has 11 heteroatoms. The number of benzene rings is 2. The third-order valence-electron chi connectivity index (χ3n) is 6.95. The number of sulfonamides is 1. The van der Waals surface area contributed by atoms with E-state index >= 15 is 0 Å². The molecule has 4 rings (SSSR count). The monoisotopic (exact) mass is 541 g/mol. The van der Waals surface area contributed by atoms with Crippen molar-refractivity contribution >= 4 is 39.1 Å². The molecule has 2 aromatic carbocycles. The Bertz CT molecular complexity index is 1430. The number of fused-ring (bicyclic) bond motifs is 2. The van der Waals surface area contributed by atoms with E-state index in [0.29, 0.717) is 24.2 Å². The van der Waals surface area contributed by atoms with Crippen LogP contribution in [0.25, 0.3) is 5.76 Å². The number of ketones is 1. The van der Waals surface area contributed by atoms with Crippen LogP contribution in [0, 0.1) is 0 Å². The molecule has 2 aliphatic rings. The third kappa shape index (κ3) is 4.01. The van der Waals surface area contributed by atoms with E-state index in [2.05, 4.69) is 0 Å². The molecule has 1 saturated heterocycles. The Morgan fingerprint density at radius 3 is 2.42 bits per heavy atom. The maximum Gasteiger partial charge on any atom is 0.296 e. The van der Waals surface area contributed by atoms with E-state index in [9.17, 15) is 27.9 Å². The second-order valence-corrected chi connectivity index (χ2v) is 11.5. The minimum atomic E-state index is -3.86. The number of carbonyl (C=O) groups is 3. The van der Waals surface area contributed by atoms with Crippen LogP contribution in [0.5, 0.6) is 0 Å². The van der Waals surface area contributed by atoms with Crippen molar-refractivity contribution in [2.75, 3.05) is 45.8 Å². The predicted molar refractivity (Wildman–Crippen MR) is 141 cm³/mol. The number of nitrogens with zero attached hydrogens (tertiary/aromatic N) is 3. The molecular weight excluding hydrogens is 510 g/mol. The lowest BCUT2D eigenvalue weighted by molar-refractivity contribution is -0.144. The van der Waals surface area contributed by atoms with Crippen molar-refractivity contribution in [3.63, 3.8) is 0 Å². The van der Waals surface area contributed by atoms with Gasteiger partial charge in [-0.05, 0) is 24.6 Å². The zero-order valence-corrected chi connectivity index (χ0v) is 22.6. The SMILES string of the molecule is CCCCN1C(=O)C2(/C(=C(/O)c3cccc(S(=O)(=O)N(C)C)c3)C(=O)C(=O)N2CCOC)c2ccccc21. The molecule has 1 unspecified atom stereocenters. The minimum Gasteiger partial charge on any atom is -0.507 e. The van der Waals surface area contributed by atoms with Gasteiger partial charge in [-0.25, -0.2) is 12.7 Å². The number of anilines is 1. The standard InChI is InChI=1S/C27H31N3O7S/c1-5-6-14-29-21-13-8-7-12-20(21)27(26(29)34)22(24(32)25(33)30(27)15-16-37-4)23(31)18-10-9-11-19(17-18)38(35,36)28(2)3/h7-13,17,31H,5-6,14-16H2,1-4H3/b23-22+. The lowest BCUT2D eigenvalue weighted by Gasteiger charge is -2.34. The summed E-state index contributed by atoms with van der Waals surface area (Å²) in [6, 6.07) is 12.3. The molecule has 0 bridgehead atoms. The first kappa shape index (κ1) is 27.5. The summed E-state index contributed by atoms with van der Waals surface area (Å²) in [6.07, 6.45) is 1.50. The molecule has 0 radical (unpaired) electrons. The van der Waals surface area contributed by atoms with Crippen LogP contribution in [-0.4, -0.2) is 81.2 Å². The van der Waals surface area contributed by atoms with Crippen molar-refractivity contribution in [1.82, 2.24) is 9.21 Å². The number of carbonyl (C=O) groups excluding carboxylic acids is 3. The van der Waals surface area contributed by atoms with Gasteiger partial charge in [-0.2, -0.15) is 0 Å². The zero-order chi connectivity index (χ0) is 27.8. The highest BCUT2D eigenvalue weighted by molar-refractivity contribution is 7.89. The Morgan fingerprint density at radius 1 is 1.05 bits per heavy atom. The molecule has 1 spiro atoms. The highest BCUT2D eigenvalue weighted by Gasteiger charge is 2.66. The van der Waals surface area contributed by atoms with Gasteiger partial charge in [0.25, 0.3) is 17.6 Å². The van der Waals surface area contributed by atoms with Crippen LogP contribution in [0.15, 0.2) is 59.0 Å². The summed E-state index contributed by atoms with van der Waals surface area (Å²) in [4.78, 5) is 43.9. The maximum atomic E-state index is 14.3. The van der Waals surface area contributed by atoms with Gasteiger partial charge in [0.15, 0.2) is 5.54 Å². The van der Waals surface area contributed by atoms with Crippen LogP contribution in [0.2, 0.25) is 0 Å². The Morgan fingerprint density at radius 2 is 1.76 bits per heavy atom. The average molecular weight is 542 g/mol. The Balaban J connectivity index is 2.03. The first-order valence-electron chi connectivity index (χ1n) is 12.3. The minimum absolute atomic E-state index is 0.00525. The molecule has 0 aliphatic carbocycles. The van der Waals surface area contributed by atoms with E-state index in [-0.39, 0.29) is 23.6 Å². The number of aliphatic hydroxyl groups is 1. The Kier molecular flexibility index (Phi) is 7.46. The van der Waals surface area contributed by atoms with Crippen LogP contribution in [0.1, 0.15) is 30.9 Å². The number of rotatable bonds is 9. The molecule has 0 saturated carbocycles. The van der Waals surface area contributed by atoms with Crippen LogP contribution >= 0.6 is 0 Å². The number of unbranched alkanes of at least 4 members (excludes halogenated alkanes) is 1. The lowest BCUT2D eigenvalue weighted by atomic mass is 9.82.